The van der Waals surface area contributed by atoms with Gasteiger partial charge in [-0.15, -0.1) is 0 Å². The van der Waals surface area contributed by atoms with E-state index in [0.717, 1.165) is 0 Å². The van der Waals surface area contributed by atoms with Crippen LogP contribution in [0.5, 0.6) is 0 Å². The fourth-order valence-electron chi connectivity index (χ4n) is 0. The molecule has 0 aromatic rings. The Morgan fingerprint density at radius 1 is 0.346 bits per heavy atom. The molecule has 0 atom stereocenters. The molecule has 0 fully saturated rings. The van der Waals surface area contributed by atoms with E-state index < -0.39 is 45.9 Å². The quantitative estimate of drug-likeness (QED) is 0.208. The smallest absolute Gasteiger partial charge is 0.672 e. The Morgan fingerprint density at radius 3 is 0.346 bits per heavy atom. The van der Waals surface area contributed by atoms with Crippen molar-refractivity contribution in [2.75, 3.05) is 0 Å². The van der Waals surface area contributed by atoms with Crippen molar-refractivity contribution >= 4 is 178 Å². The van der Waals surface area contributed by atoms with Gasteiger partial charge in [-0.1, -0.05) is 0 Å². The summed E-state index contributed by atoms with van der Waals surface area (Å²) < 4.78 is 42.6. The first-order valence-electron chi connectivity index (χ1n) is 3.06. The first kappa shape index (κ1) is 70.5. The molecule has 0 radical (unpaired) electrons. The molecule has 4 N–H and O–H groups in total. The Bertz CT molecular complexity index is 222. The summed E-state index contributed by atoms with van der Waals surface area (Å²) >= 11 is 0. The van der Waals surface area contributed by atoms with Gasteiger partial charge in [-0.2, -0.15) is 0 Å². The summed E-state index contributed by atoms with van der Waals surface area (Å²) in [5.41, 5.74) is 0. The summed E-state index contributed by atoms with van der Waals surface area (Å²) in [5.74, 6) is 0. The molecule has 0 rings (SSSR count). The Labute approximate surface area is 254 Å². The molecule has 0 aliphatic rings. The van der Waals surface area contributed by atoms with Crippen LogP contribution in [-0.4, -0.2) is 189 Å². The summed E-state index contributed by atoms with van der Waals surface area (Å²) in [5, 5.41) is 0. The van der Waals surface area contributed by atoms with Crippen molar-refractivity contribution < 1.29 is 81.2 Å². The zero-order valence-electron chi connectivity index (χ0n) is 12.2. The second-order valence-corrected chi connectivity index (χ2v) is 3.75. The summed E-state index contributed by atoms with van der Waals surface area (Å²) in [7, 11) is -18.1. The SMILES string of the molecule is O.O.O=[Si]([O-])[O-].O=[Si]([O-])[O-].O=[Si]([O-])[O-].O=[Si]([O-])[O-].O=[Si]([O-])[O-].[Al+3].[Al+3].[Ba+2].[Ba+2]. The summed E-state index contributed by atoms with van der Waals surface area (Å²) in [6.07, 6.45) is 0. The summed E-state index contributed by atoms with van der Waals surface area (Å²) in [6.45, 7) is 0. The molecule has 0 amide bonds. The Kier molecular flexibility index (Phi) is 171. The first-order valence-corrected chi connectivity index (χ1v) is 9.19. The van der Waals surface area contributed by atoms with Crippen molar-refractivity contribution in [3.8, 4) is 0 Å². The van der Waals surface area contributed by atoms with Crippen molar-refractivity contribution in [2.45, 2.75) is 0 Å². The third kappa shape index (κ3) is 3400. The molecule has 0 aromatic heterocycles. The second kappa shape index (κ2) is 63.1. The molecule has 26 heavy (non-hydrogen) atoms. The molecule has 0 aliphatic carbocycles. The van der Waals surface area contributed by atoms with Crippen LogP contribution in [0, 0.1) is 0 Å². The van der Waals surface area contributed by atoms with Crippen molar-refractivity contribution in [3.05, 3.63) is 0 Å². The van der Waals surface area contributed by atoms with E-state index in [-0.39, 0.29) is 143 Å². The van der Waals surface area contributed by atoms with Gasteiger partial charge in [0.2, 0.25) is 0 Å². The van der Waals surface area contributed by atoms with Gasteiger partial charge in [0.05, 0.1) is 0 Å². The maximum Gasteiger partial charge on any atom is 3.00 e. The summed E-state index contributed by atoms with van der Waals surface area (Å²) in [6, 6.07) is 0. The molecular weight excluding hydrogens is 741 g/mol. The fraction of sp³-hybridized carbons (Fsp3) is 0. The molecule has 0 unspecified atom stereocenters. The minimum absolute atomic E-state index is 0. The van der Waals surface area contributed by atoms with Crippen molar-refractivity contribution in [1.82, 2.24) is 0 Å². The van der Waals surface area contributed by atoms with Crippen LogP contribution in [0.25, 0.3) is 0 Å². The van der Waals surface area contributed by atoms with E-state index in [0.29, 0.717) is 0 Å². The Morgan fingerprint density at radius 2 is 0.346 bits per heavy atom. The molecule has 0 saturated carbocycles. The predicted molar refractivity (Wildman–Crippen MR) is 62.4 cm³/mol. The standard InChI is InChI=1S/2Al.2Ba.5O3Si.2H2O/c;;;;5*1-4(2)3;;/h;;;;;;;;;2*1H2/q2*+3;2*+2;5*-2;;. The zero-order valence-corrected chi connectivity index (χ0v) is 28.4. The minimum atomic E-state index is -3.63. The van der Waals surface area contributed by atoms with E-state index in [1.54, 1.807) is 0 Å². The number of hydrogen-bond acceptors (Lipinski definition) is 15. The monoisotopic (exact) mass is 746 g/mol. The van der Waals surface area contributed by atoms with Gasteiger partial charge in [-0.05, 0) is 0 Å². The van der Waals surface area contributed by atoms with Crippen LogP contribution in [-0.2, 0) is 22.3 Å². The normalized spacial score (nSPS) is 4.62. The zero-order chi connectivity index (χ0) is 17.9. The molecule has 0 spiro atoms. The van der Waals surface area contributed by atoms with Crippen molar-refractivity contribution in [3.63, 3.8) is 0 Å². The fourth-order valence-corrected chi connectivity index (χ4v) is 0. The van der Waals surface area contributed by atoms with E-state index in [1.165, 1.54) is 0 Å². The molecule has 0 aromatic carbocycles. The Hall–Kier alpha value is 2.21. The third-order valence-corrected chi connectivity index (χ3v) is 0. The average molecular weight is 745 g/mol. The van der Waals surface area contributed by atoms with Crippen LogP contribution in [0.1, 0.15) is 0 Å². The van der Waals surface area contributed by atoms with Crippen molar-refractivity contribution in [1.29, 1.82) is 0 Å². The van der Waals surface area contributed by atoms with E-state index in [4.69, 9.17) is 70.3 Å². The molecule has 26 heteroatoms. The molecule has 0 aliphatic heterocycles. The molecule has 17 nitrogen and oxygen atoms in total. The molecule has 0 saturated heterocycles. The van der Waals surface area contributed by atoms with E-state index in [2.05, 4.69) is 0 Å². The topological polar surface area (TPSA) is 379 Å². The van der Waals surface area contributed by atoms with E-state index >= 15 is 0 Å². The molecular formula is H4Al2Ba2O17Si5. The first-order chi connectivity index (χ1) is 8.66. The van der Waals surface area contributed by atoms with Gasteiger partial charge >= 0.3 is 132 Å². The molecule has 0 heterocycles. The van der Waals surface area contributed by atoms with Gasteiger partial charge in [0.1, 0.15) is 0 Å². The van der Waals surface area contributed by atoms with Crippen LogP contribution < -0.4 is 48.0 Å². The average Bonchev–Trinajstić information content (AvgIpc) is 1.94. The maximum atomic E-state index is 8.52. The number of hydrogen-bond donors (Lipinski definition) is 0. The van der Waals surface area contributed by atoms with Crippen LogP contribution in [0.3, 0.4) is 0 Å². The third-order valence-electron chi connectivity index (χ3n) is 0. The van der Waals surface area contributed by atoms with E-state index in [1.807, 2.05) is 0 Å². The maximum absolute atomic E-state index is 8.52. The van der Waals surface area contributed by atoms with Crippen LogP contribution in [0.4, 0.5) is 0 Å². The van der Waals surface area contributed by atoms with Gasteiger partial charge in [0.15, 0.2) is 0 Å². The van der Waals surface area contributed by atoms with Gasteiger partial charge < -0.3 is 81.2 Å². The van der Waals surface area contributed by atoms with Crippen LogP contribution in [0.2, 0.25) is 0 Å². The van der Waals surface area contributed by atoms with Crippen molar-refractivity contribution in [2.24, 2.45) is 0 Å². The minimum Gasteiger partial charge on any atom is -0.672 e. The van der Waals surface area contributed by atoms with Crippen LogP contribution in [0.15, 0.2) is 0 Å². The van der Waals surface area contributed by atoms with Crippen LogP contribution >= 0.6 is 0 Å². The summed E-state index contributed by atoms with van der Waals surface area (Å²) in [4.78, 5) is 85.2. The Balaban J connectivity index is -0.0000000114. The predicted octanol–water partition coefficient (Wildman–Crippen LogP) is -17.6. The van der Waals surface area contributed by atoms with Gasteiger partial charge in [-0.25, -0.2) is 0 Å². The molecule has 136 valence electrons. The number of rotatable bonds is 0. The van der Waals surface area contributed by atoms with Gasteiger partial charge in [0.25, 0.3) is 0 Å². The second-order valence-electron chi connectivity index (χ2n) is 1.25. The van der Waals surface area contributed by atoms with E-state index in [9.17, 15) is 0 Å². The van der Waals surface area contributed by atoms with Gasteiger partial charge in [0, 0.05) is 45.9 Å². The van der Waals surface area contributed by atoms with Gasteiger partial charge in [-0.3, -0.25) is 0 Å². The largest absolute Gasteiger partial charge is 3.00 e. The molecule has 0 bridgehead atoms.